The van der Waals surface area contributed by atoms with Crippen molar-refractivity contribution >= 4 is 23.2 Å². The monoisotopic (exact) mass is 324 g/mol. The minimum Gasteiger partial charge on any atom is -0.392 e. The lowest BCUT2D eigenvalue weighted by molar-refractivity contribution is -0.119. The van der Waals surface area contributed by atoms with E-state index in [1.54, 1.807) is 0 Å². The van der Waals surface area contributed by atoms with Crippen LogP contribution in [0, 0.1) is 23.2 Å². The van der Waals surface area contributed by atoms with E-state index in [9.17, 15) is 5.11 Å². The fourth-order valence-corrected chi connectivity index (χ4v) is 6.10. The zero-order valence-electron chi connectivity index (χ0n) is 12.2. The van der Waals surface area contributed by atoms with Gasteiger partial charge < -0.3 is 5.11 Å². The molecule has 0 heterocycles. The molecular weight excluding hydrogens is 303 g/mol. The number of halogens is 2. The van der Waals surface area contributed by atoms with E-state index in [-0.39, 0.29) is 11.5 Å². The molecule has 21 heavy (non-hydrogen) atoms. The Kier molecular flexibility index (Phi) is 3.52. The smallest absolute Gasteiger partial charge is 0.0637 e. The normalized spacial score (nSPS) is 38.7. The third-order valence-corrected chi connectivity index (χ3v) is 6.82. The highest BCUT2D eigenvalue weighted by Crippen LogP contribution is 2.61. The van der Waals surface area contributed by atoms with Crippen LogP contribution in [0.15, 0.2) is 18.2 Å². The van der Waals surface area contributed by atoms with Crippen molar-refractivity contribution < 1.29 is 5.11 Å². The van der Waals surface area contributed by atoms with Gasteiger partial charge in [-0.1, -0.05) is 23.2 Å². The second kappa shape index (κ2) is 5.15. The van der Waals surface area contributed by atoms with Crippen LogP contribution in [0.1, 0.15) is 44.1 Å². The molecule has 114 valence electrons. The lowest BCUT2D eigenvalue weighted by Crippen LogP contribution is -2.52. The Bertz CT molecular complexity index is 519. The number of hydrogen-bond acceptors (Lipinski definition) is 1. The highest BCUT2D eigenvalue weighted by molar-refractivity contribution is 6.33. The van der Waals surface area contributed by atoms with E-state index in [1.165, 1.54) is 38.5 Å². The molecule has 0 aliphatic heterocycles. The number of hydrogen-bond donors (Lipinski definition) is 1. The third kappa shape index (κ3) is 2.52. The molecule has 0 saturated heterocycles. The quantitative estimate of drug-likeness (QED) is 0.818. The van der Waals surface area contributed by atoms with Crippen LogP contribution in [0.3, 0.4) is 0 Å². The zero-order chi connectivity index (χ0) is 14.6. The third-order valence-electron chi connectivity index (χ3n) is 6.21. The molecule has 1 aromatic rings. The Balaban J connectivity index is 1.57. The Morgan fingerprint density at radius 1 is 1.05 bits per heavy atom. The van der Waals surface area contributed by atoms with E-state index in [0.29, 0.717) is 11.4 Å². The minimum atomic E-state index is -0.276. The molecule has 3 heteroatoms. The Labute approximate surface area is 136 Å². The second-order valence-corrected chi connectivity index (χ2v) is 8.58. The molecule has 0 aromatic heterocycles. The van der Waals surface area contributed by atoms with Crippen molar-refractivity contribution in [3.63, 3.8) is 0 Å². The van der Waals surface area contributed by atoms with Crippen molar-refractivity contribution in [1.29, 1.82) is 0 Å². The predicted octanol–water partition coefficient (Wildman–Crippen LogP) is 5.11. The molecule has 4 aliphatic carbocycles. The average molecular weight is 325 g/mol. The summed E-state index contributed by atoms with van der Waals surface area (Å²) < 4.78 is 0. The van der Waals surface area contributed by atoms with Gasteiger partial charge in [0.25, 0.3) is 0 Å². The molecule has 1 N–H and O–H groups in total. The minimum absolute atomic E-state index is 0.153. The van der Waals surface area contributed by atoms with Crippen molar-refractivity contribution in [3.05, 3.63) is 33.8 Å². The first kappa shape index (κ1) is 14.4. The SMILES string of the molecule is OC(Cc1cc(Cl)ccc1Cl)C12CC3CC(CC(C3)C1)C2. The number of benzene rings is 1. The Morgan fingerprint density at radius 3 is 2.19 bits per heavy atom. The van der Waals surface area contributed by atoms with Crippen molar-refractivity contribution in [2.75, 3.05) is 0 Å². The molecular formula is C18H22Cl2O. The number of aliphatic hydroxyl groups is 1. The van der Waals surface area contributed by atoms with Crippen LogP contribution in [-0.4, -0.2) is 11.2 Å². The fraction of sp³-hybridized carbons (Fsp3) is 0.667. The average Bonchev–Trinajstić information content (AvgIpc) is 2.41. The van der Waals surface area contributed by atoms with Crippen molar-refractivity contribution in [2.24, 2.45) is 23.2 Å². The van der Waals surface area contributed by atoms with Crippen LogP contribution in [0.25, 0.3) is 0 Å². The van der Waals surface area contributed by atoms with Crippen LogP contribution < -0.4 is 0 Å². The molecule has 0 radical (unpaired) electrons. The second-order valence-electron chi connectivity index (χ2n) is 7.74. The van der Waals surface area contributed by atoms with Crippen LogP contribution in [0.2, 0.25) is 10.0 Å². The van der Waals surface area contributed by atoms with Gasteiger partial charge >= 0.3 is 0 Å². The van der Waals surface area contributed by atoms with Crippen LogP contribution in [0.4, 0.5) is 0 Å². The maximum atomic E-state index is 11.0. The van der Waals surface area contributed by atoms with E-state index < -0.39 is 0 Å². The van der Waals surface area contributed by atoms with Gasteiger partial charge in [-0.05, 0) is 85.5 Å². The Hall–Kier alpha value is -0.240. The number of aliphatic hydroxyl groups excluding tert-OH is 1. The van der Waals surface area contributed by atoms with Crippen molar-refractivity contribution in [1.82, 2.24) is 0 Å². The molecule has 4 saturated carbocycles. The summed E-state index contributed by atoms with van der Waals surface area (Å²) in [7, 11) is 0. The maximum absolute atomic E-state index is 11.0. The summed E-state index contributed by atoms with van der Waals surface area (Å²) in [6, 6.07) is 5.56. The molecule has 1 nitrogen and oxygen atoms in total. The van der Waals surface area contributed by atoms with Gasteiger partial charge in [0.2, 0.25) is 0 Å². The molecule has 4 bridgehead atoms. The summed E-state index contributed by atoms with van der Waals surface area (Å²) in [6.45, 7) is 0. The van der Waals surface area contributed by atoms with E-state index in [2.05, 4.69) is 0 Å². The summed E-state index contributed by atoms with van der Waals surface area (Å²) >= 11 is 12.4. The van der Waals surface area contributed by atoms with E-state index >= 15 is 0 Å². The van der Waals surface area contributed by atoms with Gasteiger partial charge in [0.1, 0.15) is 0 Å². The molecule has 1 aromatic carbocycles. The van der Waals surface area contributed by atoms with E-state index in [0.717, 1.165) is 28.3 Å². The first-order valence-corrected chi connectivity index (χ1v) is 8.92. The predicted molar refractivity (Wildman–Crippen MR) is 86.8 cm³/mol. The van der Waals surface area contributed by atoms with Crippen LogP contribution >= 0.6 is 23.2 Å². The fourth-order valence-electron chi connectivity index (χ4n) is 5.71. The lowest BCUT2D eigenvalue weighted by Gasteiger charge is -2.58. The molecule has 1 unspecified atom stereocenters. The van der Waals surface area contributed by atoms with Crippen LogP contribution in [-0.2, 0) is 6.42 Å². The van der Waals surface area contributed by atoms with Crippen LogP contribution in [0.5, 0.6) is 0 Å². The summed E-state index contributed by atoms with van der Waals surface area (Å²) in [5.74, 6) is 2.59. The van der Waals surface area contributed by atoms with Gasteiger partial charge in [0, 0.05) is 16.5 Å². The van der Waals surface area contributed by atoms with Gasteiger partial charge in [0.15, 0.2) is 0 Å². The highest BCUT2D eigenvalue weighted by atomic mass is 35.5. The lowest BCUT2D eigenvalue weighted by atomic mass is 9.48. The first-order chi connectivity index (χ1) is 10.0. The highest BCUT2D eigenvalue weighted by Gasteiger charge is 2.53. The summed E-state index contributed by atoms with van der Waals surface area (Å²) in [5.41, 5.74) is 1.15. The van der Waals surface area contributed by atoms with Gasteiger partial charge in [0.05, 0.1) is 6.10 Å². The molecule has 1 atom stereocenters. The topological polar surface area (TPSA) is 20.2 Å². The number of rotatable bonds is 3. The molecule has 5 rings (SSSR count). The van der Waals surface area contributed by atoms with Crippen molar-refractivity contribution in [3.8, 4) is 0 Å². The van der Waals surface area contributed by atoms with E-state index in [4.69, 9.17) is 23.2 Å². The summed E-state index contributed by atoms with van der Waals surface area (Å²) in [4.78, 5) is 0. The molecule has 4 aliphatic rings. The zero-order valence-corrected chi connectivity index (χ0v) is 13.7. The van der Waals surface area contributed by atoms with Gasteiger partial charge in [-0.3, -0.25) is 0 Å². The largest absolute Gasteiger partial charge is 0.392 e. The van der Waals surface area contributed by atoms with Crippen molar-refractivity contribution in [2.45, 2.75) is 51.0 Å². The molecule has 4 fully saturated rings. The van der Waals surface area contributed by atoms with Gasteiger partial charge in [-0.15, -0.1) is 0 Å². The maximum Gasteiger partial charge on any atom is 0.0637 e. The summed E-state index contributed by atoms with van der Waals surface area (Å²) in [6.07, 6.45) is 8.25. The first-order valence-electron chi connectivity index (χ1n) is 8.16. The molecule has 0 spiro atoms. The standard InChI is InChI=1S/C18H22Cl2O/c19-15-1-2-16(20)14(6-15)7-17(21)18-8-11-3-12(9-18)5-13(4-11)10-18/h1-2,6,11-13,17,21H,3-5,7-10H2. The van der Waals surface area contributed by atoms with Gasteiger partial charge in [-0.2, -0.15) is 0 Å². The summed E-state index contributed by atoms with van der Waals surface area (Å²) in [5, 5.41) is 12.4. The van der Waals surface area contributed by atoms with Gasteiger partial charge in [-0.25, -0.2) is 0 Å². The Morgan fingerprint density at radius 2 is 1.62 bits per heavy atom. The molecule has 0 amide bonds. The van der Waals surface area contributed by atoms with E-state index in [1.807, 2.05) is 18.2 Å².